The van der Waals surface area contributed by atoms with E-state index in [0.717, 1.165) is 10.9 Å². The van der Waals surface area contributed by atoms with Crippen LogP contribution in [0.3, 0.4) is 0 Å². The smallest absolute Gasteiger partial charge is 0.241 e. The van der Waals surface area contributed by atoms with Crippen molar-refractivity contribution in [1.82, 2.24) is 9.29 Å². The van der Waals surface area contributed by atoms with Crippen LogP contribution in [0.15, 0.2) is 40.9 Å². The molecule has 2 heterocycles. The molecule has 2 aromatic heterocycles. The van der Waals surface area contributed by atoms with Crippen LogP contribution >= 0.6 is 11.3 Å². The molecule has 2 aromatic rings. The number of hydrogen-bond donors (Lipinski definition) is 0. The maximum absolute atomic E-state index is 13.6. The normalized spacial score (nSPS) is 11.9. The Hall–Kier alpha value is -1.31. The maximum Gasteiger partial charge on any atom is 0.263 e. The molecule has 0 saturated heterocycles. The molecule has 0 spiro atoms. The molecule has 102 valence electrons. The first-order chi connectivity index (χ1) is 9.05. The molecule has 0 unspecified atom stereocenters. The molecule has 0 aromatic carbocycles. The average Bonchev–Trinajstić information content (AvgIpc) is 2.89. The second kappa shape index (κ2) is 5.77. The predicted molar refractivity (Wildman–Crippen MR) is 71.8 cm³/mol. The van der Waals surface area contributed by atoms with Crippen LogP contribution < -0.4 is 0 Å². The molecule has 0 bridgehead atoms. The molecule has 0 N–H and O–H groups in total. The van der Waals surface area contributed by atoms with Crippen molar-refractivity contribution in [2.75, 3.05) is 6.54 Å². The lowest BCUT2D eigenvalue weighted by Gasteiger charge is -2.19. The molecule has 0 aliphatic heterocycles. The van der Waals surface area contributed by atoms with Crippen molar-refractivity contribution in [1.29, 1.82) is 0 Å². The van der Waals surface area contributed by atoms with Crippen LogP contribution in [0, 0.1) is 5.82 Å². The van der Waals surface area contributed by atoms with Gasteiger partial charge in [-0.2, -0.15) is 4.31 Å². The average molecular weight is 300 g/mol. The zero-order valence-corrected chi connectivity index (χ0v) is 11.9. The highest BCUT2D eigenvalue weighted by Crippen LogP contribution is 2.20. The van der Waals surface area contributed by atoms with E-state index in [1.807, 2.05) is 17.5 Å². The first kappa shape index (κ1) is 14.1. The van der Waals surface area contributed by atoms with Gasteiger partial charge in [-0.3, -0.25) is 0 Å². The van der Waals surface area contributed by atoms with Gasteiger partial charge in [-0.05, 0) is 23.6 Å². The van der Waals surface area contributed by atoms with Gasteiger partial charge in [0.25, 0.3) is 10.0 Å². The Morgan fingerprint density at radius 2 is 2.16 bits per heavy atom. The summed E-state index contributed by atoms with van der Waals surface area (Å²) in [6, 6.07) is 6.15. The molecule has 2 rings (SSSR count). The Morgan fingerprint density at radius 1 is 1.37 bits per heavy atom. The van der Waals surface area contributed by atoms with E-state index in [4.69, 9.17) is 0 Å². The largest absolute Gasteiger partial charge is 0.263 e. The molecule has 0 aliphatic rings. The number of hydrogen-bond acceptors (Lipinski definition) is 4. The third-order valence-corrected chi connectivity index (χ3v) is 5.29. The summed E-state index contributed by atoms with van der Waals surface area (Å²) in [6.07, 6.45) is 1.27. The first-order valence-corrected chi connectivity index (χ1v) is 8.00. The SMILES string of the molecule is CCN(Cc1cccs1)S(=O)(=O)c1ncccc1F. The van der Waals surface area contributed by atoms with Crippen LogP contribution in [0.25, 0.3) is 0 Å². The third-order valence-electron chi connectivity index (χ3n) is 2.57. The standard InChI is InChI=1S/C12H13FN2O2S2/c1-2-15(9-10-5-4-8-18-10)19(16,17)12-11(13)6-3-7-14-12/h3-8H,2,9H2,1H3. The van der Waals surface area contributed by atoms with Crippen molar-refractivity contribution < 1.29 is 12.8 Å². The maximum atomic E-state index is 13.6. The summed E-state index contributed by atoms with van der Waals surface area (Å²) in [6.45, 7) is 2.20. The van der Waals surface area contributed by atoms with Gasteiger partial charge in [0.2, 0.25) is 5.03 Å². The van der Waals surface area contributed by atoms with Gasteiger partial charge in [0.15, 0.2) is 5.82 Å². The monoisotopic (exact) mass is 300 g/mol. The lowest BCUT2D eigenvalue weighted by molar-refractivity contribution is 0.418. The number of thiophene rings is 1. The zero-order chi connectivity index (χ0) is 13.9. The van der Waals surface area contributed by atoms with Gasteiger partial charge in [0, 0.05) is 24.2 Å². The van der Waals surface area contributed by atoms with Crippen molar-refractivity contribution in [2.45, 2.75) is 18.5 Å². The summed E-state index contributed by atoms with van der Waals surface area (Å²) in [4.78, 5) is 4.55. The van der Waals surface area contributed by atoms with E-state index < -0.39 is 20.9 Å². The second-order valence-electron chi connectivity index (χ2n) is 3.80. The van der Waals surface area contributed by atoms with E-state index in [-0.39, 0.29) is 13.1 Å². The highest BCUT2D eigenvalue weighted by Gasteiger charge is 2.27. The minimum atomic E-state index is -3.90. The number of halogens is 1. The Morgan fingerprint density at radius 3 is 2.74 bits per heavy atom. The van der Waals surface area contributed by atoms with Gasteiger partial charge in [0.05, 0.1) is 0 Å². The van der Waals surface area contributed by atoms with E-state index in [2.05, 4.69) is 4.98 Å². The van der Waals surface area contributed by atoms with Gasteiger partial charge < -0.3 is 0 Å². The van der Waals surface area contributed by atoms with E-state index in [1.54, 1.807) is 6.92 Å². The number of sulfonamides is 1. The van der Waals surface area contributed by atoms with E-state index in [0.29, 0.717) is 0 Å². The van der Waals surface area contributed by atoms with E-state index in [9.17, 15) is 12.8 Å². The first-order valence-electron chi connectivity index (χ1n) is 5.68. The summed E-state index contributed by atoms with van der Waals surface area (Å²) in [7, 11) is -3.90. The van der Waals surface area contributed by atoms with Gasteiger partial charge in [0.1, 0.15) is 0 Å². The molecule has 19 heavy (non-hydrogen) atoms. The number of rotatable bonds is 5. The van der Waals surface area contributed by atoms with Crippen LogP contribution in [0.4, 0.5) is 4.39 Å². The quantitative estimate of drug-likeness (QED) is 0.852. The fraction of sp³-hybridized carbons (Fsp3) is 0.250. The minimum Gasteiger partial charge on any atom is -0.241 e. The molecular weight excluding hydrogens is 287 g/mol. The van der Waals surface area contributed by atoms with Crippen LogP contribution in [0.1, 0.15) is 11.8 Å². The Kier molecular flexibility index (Phi) is 4.28. The fourth-order valence-corrected chi connectivity index (χ4v) is 3.83. The molecule has 0 saturated carbocycles. The molecule has 4 nitrogen and oxygen atoms in total. The summed E-state index contributed by atoms with van der Waals surface area (Å²) in [5.74, 6) is -0.827. The van der Waals surface area contributed by atoms with E-state index in [1.165, 1.54) is 27.9 Å². The highest BCUT2D eigenvalue weighted by molar-refractivity contribution is 7.89. The minimum absolute atomic E-state index is 0.229. The van der Waals surface area contributed by atoms with Gasteiger partial charge >= 0.3 is 0 Å². The van der Waals surface area contributed by atoms with Gasteiger partial charge in [-0.15, -0.1) is 11.3 Å². The number of aromatic nitrogens is 1. The summed E-state index contributed by atoms with van der Waals surface area (Å²) < 4.78 is 39.5. The summed E-state index contributed by atoms with van der Waals surface area (Å²) in [5.41, 5.74) is 0. The predicted octanol–water partition coefficient (Wildman–Crippen LogP) is 2.49. The number of pyridine rings is 1. The lowest BCUT2D eigenvalue weighted by atomic mass is 10.4. The van der Waals surface area contributed by atoms with Crippen molar-refractivity contribution in [3.8, 4) is 0 Å². The van der Waals surface area contributed by atoms with E-state index >= 15 is 0 Å². The van der Waals surface area contributed by atoms with Crippen LogP contribution in [-0.2, 0) is 16.6 Å². The third kappa shape index (κ3) is 2.99. The number of nitrogens with zero attached hydrogens (tertiary/aromatic N) is 2. The zero-order valence-electron chi connectivity index (χ0n) is 10.3. The van der Waals surface area contributed by atoms with Crippen molar-refractivity contribution in [3.05, 3.63) is 46.5 Å². The Bertz CT molecular complexity index is 642. The second-order valence-corrected chi connectivity index (χ2v) is 6.69. The molecule has 0 radical (unpaired) electrons. The molecule has 0 amide bonds. The van der Waals surface area contributed by atoms with Crippen molar-refractivity contribution in [2.24, 2.45) is 0 Å². The Balaban J connectivity index is 2.34. The summed E-state index contributed by atoms with van der Waals surface area (Å²) >= 11 is 1.46. The topological polar surface area (TPSA) is 50.3 Å². The highest BCUT2D eigenvalue weighted by atomic mass is 32.2. The molecule has 7 heteroatoms. The fourth-order valence-electron chi connectivity index (χ4n) is 1.63. The lowest BCUT2D eigenvalue weighted by Crippen LogP contribution is -2.31. The van der Waals surface area contributed by atoms with Crippen LogP contribution in [0.5, 0.6) is 0 Å². The summed E-state index contributed by atoms with van der Waals surface area (Å²) in [5, 5.41) is 1.35. The molecule has 0 aliphatic carbocycles. The molecule has 0 fully saturated rings. The van der Waals surface area contributed by atoms with Crippen LogP contribution in [-0.4, -0.2) is 24.3 Å². The van der Waals surface area contributed by atoms with Crippen molar-refractivity contribution in [3.63, 3.8) is 0 Å². The molecule has 0 atom stereocenters. The van der Waals surface area contributed by atoms with Gasteiger partial charge in [-0.1, -0.05) is 13.0 Å². The van der Waals surface area contributed by atoms with Gasteiger partial charge in [-0.25, -0.2) is 17.8 Å². The van der Waals surface area contributed by atoms with Crippen LogP contribution in [0.2, 0.25) is 0 Å². The van der Waals surface area contributed by atoms with Crippen molar-refractivity contribution >= 4 is 21.4 Å². The Labute approximate surface area is 115 Å². The molecular formula is C12H13FN2O2S2.